The summed E-state index contributed by atoms with van der Waals surface area (Å²) in [5.74, 6) is -2.09. The van der Waals surface area contributed by atoms with Crippen LogP contribution in [0, 0.1) is 0 Å². The van der Waals surface area contributed by atoms with E-state index in [0.29, 0.717) is 0 Å². The lowest BCUT2D eigenvalue weighted by Gasteiger charge is -1.95. The van der Waals surface area contributed by atoms with Gasteiger partial charge in [-0.05, 0) is 6.92 Å². The Hall–Kier alpha value is -1.98. The summed E-state index contributed by atoms with van der Waals surface area (Å²) in [5, 5.41) is 3.36. The molecule has 0 bridgehead atoms. The Morgan fingerprint density at radius 3 is 2.20 bits per heavy atom. The van der Waals surface area contributed by atoms with Crippen LogP contribution >= 0.6 is 0 Å². The maximum absolute atomic E-state index is 11.2. The highest BCUT2D eigenvalue weighted by atomic mass is 16.5. The van der Waals surface area contributed by atoms with Crippen molar-refractivity contribution in [1.82, 2.24) is 5.16 Å². The molecule has 0 saturated carbocycles. The van der Waals surface area contributed by atoms with E-state index in [0.717, 1.165) is 7.11 Å². The van der Waals surface area contributed by atoms with Crippen LogP contribution in [0.25, 0.3) is 0 Å². The smallest absolute Gasteiger partial charge is 0.377 e. The van der Waals surface area contributed by atoms with Gasteiger partial charge in [0.05, 0.1) is 7.11 Å². The van der Waals surface area contributed by atoms with E-state index < -0.39 is 17.5 Å². The molecular weight excluding hydrogens is 202 g/mol. The molecule has 0 aliphatic carbocycles. The van der Waals surface area contributed by atoms with E-state index in [1.54, 1.807) is 0 Å². The highest BCUT2D eigenvalue weighted by Crippen LogP contribution is 2.16. The van der Waals surface area contributed by atoms with Crippen molar-refractivity contribution in [2.24, 2.45) is 0 Å². The number of carbonyl (C=O) groups is 3. The summed E-state index contributed by atoms with van der Waals surface area (Å²) in [6, 6.07) is 0. The third-order valence-electron chi connectivity index (χ3n) is 1.75. The maximum atomic E-state index is 11.2. The molecule has 0 spiro atoms. The van der Waals surface area contributed by atoms with Crippen LogP contribution in [0.1, 0.15) is 45.2 Å². The minimum absolute atomic E-state index is 0.130. The van der Waals surface area contributed by atoms with Gasteiger partial charge < -0.3 is 9.26 Å². The molecule has 0 saturated heterocycles. The standard InChI is InChI=1S/C9H9NO5/c1-4(11)6-7(5(2)12)10-15-8(6)9(13)14-3/h1-3H3. The van der Waals surface area contributed by atoms with Crippen molar-refractivity contribution in [3.05, 3.63) is 17.0 Å². The van der Waals surface area contributed by atoms with E-state index >= 15 is 0 Å². The molecular formula is C9H9NO5. The molecule has 0 fully saturated rings. The highest BCUT2D eigenvalue weighted by Gasteiger charge is 2.27. The fraction of sp³-hybridized carbons (Fsp3) is 0.333. The van der Waals surface area contributed by atoms with Gasteiger partial charge in [-0.25, -0.2) is 4.79 Å². The Balaban J connectivity index is 3.36. The number of nitrogens with zero attached hydrogens (tertiary/aromatic N) is 1. The molecule has 0 N–H and O–H groups in total. The van der Waals surface area contributed by atoms with Crippen LogP contribution in [0.3, 0.4) is 0 Å². The molecule has 0 unspecified atom stereocenters. The summed E-state index contributed by atoms with van der Waals surface area (Å²) in [6.07, 6.45) is 0. The molecule has 1 aromatic rings. The monoisotopic (exact) mass is 211 g/mol. The predicted octanol–water partition coefficient (Wildman–Crippen LogP) is 0.866. The molecule has 6 nitrogen and oxygen atoms in total. The van der Waals surface area contributed by atoms with Crippen molar-refractivity contribution >= 4 is 17.5 Å². The van der Waals surface area contributed by atoms with E-state index in [4.69, 9.17) is 0 Å². The second kappa shape index (κ2) is 4.04. The zero-order chi connectivity index (χ0) is 11.6. The van der Waals surface area contributed by atoms with Crippen LogP contribution in [0.2, 0.25) is 0 Å². The van der Waals surface area contributed by atoms with Gasteiger partial charge >= 0.3 is 5.97 Å². The topological polar surface area (TPSA) is 86.5 Å². The van der Waals surface area contributed by atoms with Gasteiger partial charge in [0.1, 0.15) is 5.56 Å². The number of methoxy groups -OCH3 is 1. The summed E-state index contributed by atoms with van der Waals surface area (Å²) in [7, 11) is 1.14. The number of Topliss-reactive ketones (excluding diaryl/α,β-unsaturated/α-hetero) is 2. The van der Waals surface area contributed by atoms with Gasteiger partial charge in [-0.1, -0.05) is 5.16 Å². The van der Waals surface area contributed by atoms with Crippen LogP contribution in [-0.4, -0.2) is 29.8 Å². The van der Waals surface area contributed by atoms with Crippen LogP contribution < -0.4 is 0 Å². The number of rotatable bonds is 3. The van der Waals surface area contributed by atoms with Crippen LogP contribution in [0.4, 0.5) is 0 Å². The van der Waals surface area contributed by atoms with Crippen molar-refractivity contribution in [3.8, 4) is 0 Å². The number of hydrogen-bond donors (Lipinski definition) is 0. The van der Waals surface area contributed by atoms with E-state index in [9.17, 15) is 14.4 Å². The average Bonchev–Trinajstić information content (AvgIpc) is 2.60. The van der Waals surface area contributed by atoms with Gasteiger partial charge in [-0.3, -0.25) is 9.59 Å². The molecule has 6 heteroatoms. The SMILES string of the molecule is COC(=O)c1onc(C(C)=O)c1C(C)=O. The predicted molar refractivity (Wildman–Crippen MR) is 47.9 cm³/mol. The third-order valence-corrected chi connectivity index (χ3v) is 1.75. The van der Waals surface area contributed by atoms with Gasteiger partial charge in [0, 0.05) is 6.92 Å². The molecule has 0 aliphatic rings. The summed E-state index contributed by atoms with van der Waals surface area (Å²) < 4.78 is 8.99. The first-order chi connectivity index (χ1) is 6.99. The average molecular weight is 211 g/mol. The third kappa shape index (κ3) is 1.93. The Morgan fingerprint density at radius 1 is 1.20 bits per heavy atom. The molecule has 0 aliphatic heterocycles. The van der Waals surface area contributed by atoms with Gasteiger partial charge in [0.15, 0.2) is 17.3 Å². The van der Waals surface area contributed by atoms with Crippen LogP contribution in [0.15, 0.2) is 4.52 Å². The lowest BCUT2D eigenvalue weighted by atomic mass is 10.1. The van der Waals surface area contributed by atoms with Crippen molar-refractivity contribution in [2.45, 2.75) is 13.8 Å². The van der Waals surface area contributed by atoms with Gasteiger partial charge in [0.2, 0.25) is 0 Å². The fourth-order valence-electron chi connectivity index (χ4n) is 1.09. The first-order valence-corrected chi connectivity index (χ1v) is 4.09. The number of ketones is 2. The number of ether oxygens (including phenoxy) is 1. The zero-order valence-electron chi connectivity index (χ0n) is 8.49. The highest BCUT2D eigenvalue weighted by molar-refractivity contribution is 6.11. The first kappa shape index (κ1) is 11.1. The maximum Gasteiger partial charge on any atom is 0.377 e. The molecule has 80 valence electrons. The Bertz CT molecular complexity index is 432. The minimum atomic E-state index is -0.833. The number of esters is 1. The van der Waals surface area contributed by atoms with E-state index in [2.05, 4.69) is 14.4 Å². The normalized spacial score (nSPS) is 9.80. The summed E-state index contributed by atoms with van der Waals surface area (Å²) >= 11 is 0. The van der Waals surface area contributed by atoms with E-state index in [1.165, 1.54) is 13.8 Å². The van der Waals surface area contributed by atoms with Crippen LogP contribution in [0.5, 0.6) is 0 Å². The van der Waals surface area contributed by atoms with Crippen LogP contribution in [-0.2, 0) is 4.74 Å². The van der Waals surface area contributed by atoms with E-state index in [-0.39, 0.29) is 17.0 Å². The summed E-state index contributed by atoms with van der Waals surface area (Å²) in [4.78, 5) is 33.4. The van der Waals surface area contributed by atoms with Crippen molar-refractivity contribution < 1.29 is 23.6 Å². The molecule has 1 rings (SSSR count). The lowest BCUT2D eigenvalue weighted by molar-refractivity contribution is 0.0550. The van der Waals surface area contributed by atoms with Gasteiger partial charge in [-0.15, -0.1) is 0 Å². The number of carbonyl (C=O) groups excluding carboxylic acids is 3. The quantitative estimate of drug-likeness (QED) is 0.544. The molecule has 0 aromatic carbocycles. The second-order valence-electron chi connectivity index (χ2n) is 2.84. The Labute approximate surface area is 85.2 Å². The molecule has 1 heterocycles. The van der Waals surface area contributed by atoms with Crippen molar-refractivity contribution in [1.29, 1.82) is 0 Å². The Kier molecular flexibility index (Phi) is 2.99. The zero-order valence-corrected chi connectivity index (χ0v) is 8.49. The number of hydrogen-bond acceptors (Lipinski definition) is 6. The molecule has 0 amide bonds. The minimum Gasteiger partial charge on any atom is -0.463 e. The first-order valence-electron chi connectivity index (χ1n) is 4.09. The number of aromatic nitrogens is 1. The van der Waals surface area contributed by atoms with Gasteiger partial charge in [-0.2, -0.15) is 0 Å². The second-order valence-corrected chi connectivity index (χ2v) is 2.84. The van der Waals surface area contributed by atoms with E-state index in [1.807, 2.05) is 0 Å². The molecule has 0 atom stereocenters. The summed E-state index contributed by atoms with van der Waals surface area (Å²) in [5.41, 5.74) is -0.280. The fourth-order valence-corrected chi connectivity index (χ4v) is 1.09. The van der Waals surface area contributed by atoms with Crippen molar-refractivity contribution in [2.75, 3.05) is 7.11 Å². The largest absolute Gasteiger partial charge is 0.463 e. The molecule has 0 radical (unpaired) electrons. The van der Waals surface area contributed by atoms with Crippen molar-refractivity contribution in [3.63, 3.8) is 0 Å². The lowest BCUT2D eigenvalue weighted by Crippen LogP contribution is -2.09. The summed E-state index contributed by atoms with van der Waals surface area (Å²) in [6.45, 7) is 2.44. The Morgan fingerprint density at radius 2 is 1.80 bits per heavy atom. The molecule has 15 heavy (non-hydrogen) atoms. The van der Waals surface area contributed by atoms with Gasteiger partial charge in [0.25, 0.3) is 5.76 Å². The molecule has 1 aromatic heterocycles.